The third-order valence-electron chi connectivity index (χ3n) is 2.81. The molecular weight excluding hydrogens is 178 g/mol. The van der Waals surface area contributed by atoms with E-state index in [0.29, 0.717) is 0 Å². The Morgan fingerprint density at radius 2 is 2.43 bits per heavy atom. The van der Waals surface area contributed by atoms with Crippen LogP contribution in [0.25, 0.3) is 0 Å². The molecule has 1 rings (SSSR count). The summed E-state index contributed by atoms with van der Waals surface area (Å²) in [5.41, 5.74) is 6.61. The van der Waals surface area contributed by atoms with Crippen molar-refractivity contribution in [3.63, 3.8) is 0 Å². The predicted octanol–water partition coefficient (Wildman–Crippen LogP) is 1.62. The summed E-state index contributed by atoms with van der Waals surface area (Å²) in [5, 5.41) is 0. The molecule has 2 unspecified atom stereocenters. The van der Waals surface area contributed by atoms with E-state index in [0.717, 1.165) is 31.4 Å². The Morgan fingerprint density at radius 3 is 2.93 bits per heavy atom. The van der Waals surface area contributed by atoms with Crippen molar-refractivity contribution in [2.45, 2.75) is 39.2 Å². The molecule has 1 aliphatic heterocycles. The third kappa shape index (κ3) is 2.58. The second-order valence-electron chi connectivity index (χ2n) is 3.89. The molecule has 0 aromatic rings. The number of rotatable bonds is 4. The minimum atomic E-state index is -0.368. The van der Waals surface area contributed by atoms with E-state index in [-0.39, 0.29) is 17.7 Å². The van der Waals surface area contributed by atoms with Gasteiger partial charge in [-0.05, 0) is 18.8 Å². The van der Waals surface area contributed by atoms with Gasteiger partial charge in [-0.1, -0.05) is 20.3 Å². The van der Waals surface area contributed by atoms with Crippen LogP contribution in [0.3, 0.4) is 0 Å². The van der Waals surface area contributed by atoms with Gasteiger partial charge in [-0.15, -0.1) is 0 Å². The van der Waals surface area contributed by atoms with Crippen molar-refractivity contribution in [3.05, 3.63) is 11.8 Å². The molecule has 0 aliphatic carbocycles. The highest BCUT2D eigenvalue weighted by Crippen LogP contribution is 2.17. The Labute approximate surface area is 85.3 Å². The van der Waals surface area contributed by atoms with Gasteiger partial charge < -0.3 is 10.5 Å². The Bertz CT molecular complexity index is 235. The molecule has 0 saturated heterocycles. The van der Waals surface area contributed by atoms with Gasteiger partial charge in [-0.25, -0.2) is 0 Å². The molecule has 80 valence electrons. The molecule has 0 radical (unpaired) electrons. The Kier molecular flexibility index (Phi) is 4.14. The monoisotopic (exact) mass is 197 g/mol. The molecule has 1 aliphatic rings. The first-order chi connectivity index (χ1) is 6.66. The standard InChI is InChI=1S/C11H19NO2/c1-3-8(2)10(12)11(13)9-5-4-6-14-7-9/h7-8,10H,3-6,12H2,1-2H3. The van der Waals surface area contributed by atoms with Crippen molar-refractivity contribution in [1.82, 2.24) is 0 Å². The van der Waals surface area contributed by atoms with Crippen LogP contribution in [0.4, 0.5) is 0 Å². The summed E-state index contributed by atoms with van der Waals surface area (Å²) >= 11 is 0. The highest BCUT2D eigenvalue weighted by atomic mass is 16.5. The fourth-order valence-corrected chi connectivity index (χ4v) is 1.47. The SMILES string of the molecule is CCC(C)C(N)C(=O)C1=COCCC1. The topological polar surface area (TPSA) is 52.3 Å². The van der Waals surface area contributed by atoms with E-state index >= 15 is 0 Å². The maximum atomic E-state index is 11.8. The molecule has 0 spiro atoms. The van der Waals surface area contributed by atoms with Gasteiger partial charge in [-0.2, -0.15) is 0 Å². The van der Waals surface area contributed by atoms with Crippen LogP contribution in [0.1, 0.15) is 33.1 Å². The summed E-state index contributed by atoms with van der Waals surface area (Å²) in [7, 11) is 0. The molecule has 2 N–H and O–H groups in total. The van der Waals surface area contributed by atoms with Gasteiger partial charge in [0.2, 0.25) is 0 Å². The maximum absolute atomic E-state index is 11.8. The van der Waals surface area contributed by atoms with Gasteiger partial charge in [0.25, 0.3) is 0 Å². The number of carbonyl (C=O) groups is 1. The maximum Gasteiger partial charge on any atom is 0.178 e. The molecule has 0 saturated carbocycles. The molecule has 14 heavy (non-hydrogen) atoms. The molecule has 0 fully saturated rings. The number of nitrogens with two attached hydrogens (primary N) is 1. The van der Waals surface area contributed by atoms with Gasteiger partial charge in [0.1, 0.15) is 0 Å². The van der Waals surface area contributed by atoms with Crippen molar-refractivity contribution < 1.29 is 9.53 Å². The summed E-state index contributed by atoms with van der Waals surface area (Å²) < 4.78 is 5.13. The van der Waals surface area contributed by atoms with Crippen LogP contribution >= 0.6 is 0 Å². The molecule has 0 amide bonds. The van der Waals surface area contributed by atoms with Gasteiger partial charge in [0.15, 0.2) is 5.78 Å². The quantitative estimate of drug-likeness (QED) is 0.745. The number of Topliss-reactive ketones (excluding diaryl/α,β-unsaturated/α-hetero) is 1. The second-order valence-corrected chi connectivity index (χ2v) is 3.89. The molecule has 0 aromatic heterocycles. The zero-order valence-electron chi connectivity index (χ0n) is 8.95. The van der Waals surface area contributed by atoms with Crippen molar-refractivity contribution in [1.29, 1.82) is 0 Å². The summed E-state index contributed by atoms with van der Waals surface area (Å²) in [6.45, 7) is 4.77. The van der Waals surface area contributed by atoms with E-state index in [2.05, 4.69) is 0 Å². The lowest BCUT2D eigenvalue weighted by molar-refractivity contribution is -0.118. The second kappa shape index (κ2) is 5.15. The van der Waals surface area contributed by atoms with Crippen LogP contribution in [-0.4, -0.2) is 18.4 Å². The summed E-state index contributed by atoms with van der Waals surface area (Å²) in [4.78, 5) is 11.8. The lowest BCUT2D eigenvalue weighted by Crippen LogP contribution is -2.38. The molecule has 3 heteroatoms. The van der Waals surface area contributed by atoms with Crippen molar-refractivity contribution in [3.8, 4) is 0 Å². The highest BCUT2D eigenvalue weighted by Gasteiger charge is 2.23. The van der Waals surface area contributed by atoms with E-state index in [4.69, 9.17) is 10.5 Å². The zero-order chi connectivity index (χ0) is 10.6. The van der Waals surface area contributed by atoms with Gasteiger partial charge in [0.05, 0.1) is 18.9 Å². The first kappa shape index (κ1) is 11.2. The van der Waals surface area contributed by atoms with Crippen molar-refractivity contribution in [2.24, 2.45) is 11.7 Å². The summed E-state index contributed by atoms with van der Waals surface area (Å²) in [6, 6.07) is -0.368. The van der Waals surface area contributed by atoms with E-state index in [1.165, 1.54) is 0 Å². The van der Waals surface area contributed by atoms with Crippen LogP contribution in [-0.2, 0) is 9.53 Å². The molecular formula is C11H19NO2. The normalized spacial score (nSPS) is 20.6. The van der Waals surface area contributed by atoms with E-state index in [9.17, 15) is 4.79 Å². The van der Waals surface area contributed by atoms with Crippen molar-refractivity contribution in [2.75, 3.05) is 6.61 Å². The average molecular weight is 197 g/mol. The van der Waals surface area contributed by atoms with Crippen LogP contribution in [0.5, 0.6) is 0 Å². The lowest BCUT2D eigenvalue weighted by atomic mass is 9.91. The number of hydrogen-bond donors (Lipinski definition) is 1. The van der Waals surface area contributed by atoms with E-state index in [1.54, 1.807) is 6.26 Å². The fourth-order valence-electron chi connectivity index (χ4n) is 1.47. The largest absolute Gasteiger partial charge is 0.501 e. The predicted molar refractivity (Wildman–Crippen MR) is 55.7 cm³/mol. The Morgan fingerprint density at radius 1 is 1.71 bits per heavy atom. The van der Waals surface area contributed by atoms with Crippen LogP contribution in [0.15, 0.2) is 11.8 Å². The first-order valence-electron chi connectivity index (χ1n) is 5.27. The first-order valence-corrected chi connectivity index (χ1v) is 5.27. The highest BCUT2D eigenvalue weighted by molar-refractivity contribution is 5.99. The minimum absolute atomic E-state index is 0.0547. The smallest absolute Gasteiger partial charge is 0.178 e. The Balaban J connectivity index is 2.59. The molecule has 2 atom stereocenters. The van der Waals surface area contributed by atoms with Crippen LogP contribution < -0.4 is 5.73 Å². The molecule has 0 aromatic carbocycles. The van der Waals surface area contributed by atoms with E-state index < -0.39 is 0 Å². The fraction of sp³-hybridized carbons (Fsp3) is 0.727. The Hall–Kier alpha value is -0.830. The molecule has 0 bridgehead atoms. The summed E-state index contributed by atoms with van der Waals surface area (Å²) in [5.74, 6) is 0.296. The number of ketones is 1. The summed E-state index contributed by atoms with van der Waals surface area (Å²) in [6.07, 6.45) is 4.24. The number of carbonyl (C=O) groups excluding carboxylic acids is 1. The van der Waals surface area contributed by atoms with Crippen molar-refractivity contribution >= 4 is 5.78 Å². The minimum Gasteiger partial charge on any atom is -0.501 e. The van der Waals surface area contributed by atoms with Gasteiger partial charge in [0, 0.05) is 5.57 Å². The van der Waals surface area contributed by atoms with Gasteiger partial charge in [-0.3, -0.25) is 4.79 Å². The molecule has 3 nitrogen and oxygen atoms in total. The molecule has 1 heterocycles. The lowest BCUT2D eigenvalue weighted by Gasteiger charge is -2.20. The number of ether oxygens (including phenoxy) is 1. The van der Waals surface area contributed by atoms with E-state index in [1.807, 2.05) is 13.8 Å². The van der Waals surface area contributed by atoms with Crippen LogP contribution in [0.2, 0.25) is 0 Å². The third-order valence-corrected chi connectivity index (χ3v) is 2.81. The van der Waals surface area contributed by atoms with Gasteiger partial charge >= 0.3 is 0 Å². The average Bonchev–Trinajstić information content (AvgIpc) is 2.27. The number of hydrogen-bond acceptors (Lipinski definition) is 3. The zero-order valence-corrected chi connectivity index (χ0v) is 8.95. The van der Waals surface area contributed by atoms with Crippen LogP contribution in [0, 0.1) is 5.92 Å².